The maximum absolute atomic E-state index is 10.6. The number of ether oxygens (including phenoxy) is 1. The van der Waals surface area contributed by atoms with Crippen molar-refractivity contribution in [2.24, 2.45) is 5.92 Å². The number of methoxy groups -OCH3 is 1. The number of carboxylic acid groups (broad SMARTS) is 1. The topological polar surface area (TPSA) is 59.4 Å². The van der Waals surface area contributed by atoms with Crippen molar-refractivity contribution in [1.82, 2.24) is 4.98 Å². The number of pyridine rings is 1. The first-order valence-corrected chi connectivity index (χ1v) is 6.09. The van der Waals surface area contributed by atoms with Crippen molar-refractivity contribution in [2.45, 2.75) is 12.7 Å². The van der Waals surface area contributed by atoms with Gasteiger partial charge in [0.2, 0.25) is 5.88 Å². The third kappa shape index (κ3) is 4.10. The number of hydrogen-bond acceptors (Lipinski definition) is 4. The first-order valence-electron chi connectivity index (χ1n) is 4.94. The molecular weight excluding hydrogens is 226 g/mol. The molecular formula is C11H15NO3S. The molecule has 0 saturated heterocycles. The zero-order valence-corrected chi connectivity index (χ0v) is 10.2. The van der Waals surface area contributed by atoms with Gasteiger partial charge < -0.3 is 9.84 Å². The maximum Gasteiger partial charge on any atom is 0.307 e. The minimum Gasteiger partial charge on any atom is -0.481 e. The minimum atomic E-state index is -0.758. The molecule has 0 aliphatic rings. The van der Waals surface area contributed by atoms with Gasteiger partial charge in [-0.05, 0) is 6.07 Å². The van der Waals surface area contributed by atoms with Crippen molar-refractivity contribution in [3.8, 4) is 5.88 Å². The average molecular weight is 241 g/mol. The lowest BCUT2D eigenvalue weighted by molar-refractivity contribution is -0.140. The first kappa shape index (κ1) is 12.8. The van der Waals surface area contributed by atoms with Crippen LogP contribution in [0.2, 0.25) is 0 Å². The Morgan fingerprint density at radius 2 is 2.38 bits per heavy atom. The molecule has 0 amide bonds. The van der Waals surface area contributed by atoms with E-state index in [9.17, 15) is 4.79 Å². The molecule has 1 atom stereocenters. The van der Waals surface area contributed by atoms with E-state index in [2.05, 4.69) is 4.98 Å². The van der Waals surface area contributed by atoms with Gasteiger partial charge in [0.1, 0.15) is 0 Å². The highest BCUT2D eigenvalue weighted by Crippen LogP contribution is 2.16. The van der Waals surface area contributed by atoms with Gasteiger partial charge in [-0.3, -0.25) is 4.79 Å². The summed E-state index contributed by atoms with van der Waals surface area (Å²) < 4.78 is 5.01. The maximum atomic E-state index is 10.6. The molecule has 0 aliphatic carbocycles. The molecule has 0 bridgehead atoms. The van der Waals surface area contributed by atoms with Crippen molar-refractivity contribution in [3.05, 3.63) is 23.9 Å². The van der Waals surface area contributed by atoms with E-state index in [4.69, 9.17) is 9.84 Å². The average Bonchev–Trinajstić information content (AvgIpc) is 2.29. The number of hydrogen-bond donors (Lipinski definition) is 1. The zero-order chi connectivity index (χ0) is 12.0. The van der Waals surface area contributed by atoms with Crippen LogP contribution in [-0.2, 0) is 10.5 Å². The van der Waals surface area contributed by atoms with Gasteiger partial charge in [-0.1, -0.05) is 13.0 Å². The van der Waals surface area contributed by atoms with Crippen LogP contribution in [0, 0.1) is 5.92 Å². The van der Waals surface area contributed by atoms with Gasteiger partial charge in [-0.25, -0.2) is 4.98 Å². The molecule has 0 fully saturated rings. The number of thioether (sulfide) groups is 1. The van der Waals surface area contributed by atoms with E-state index in [0.717, 1.165) is 5.69 Å². The number of carboxylic acids is 1. The standard InChI is InChI=1S/C11H15NO3S/c1-8(11(13)14)6-16-7-9-4-3-5-10(12-9)15-2/h3-5,8H,6-7H2,1-2H3,(H,13,14). The van der Waals surface area contributed by atoms with E-state index in [1.165, 1.54) is 0 Å². The van der Waals surface area contributed by atoms with Gasteiger partial charge in [0.25, 0.3) is 0 Å². The summed E-state index contributed by atoms with van der Waals surface area (Å²) in [4.78, 5) is 14.8. The molecule has 0 aromatic carbocycles. The molecule has 0 radical (unpaired) electrons. The fourth-order valence-electron chi connectivity index (χ4n) is 1.06. The SMILES string of the molecule is COc1cccc(CSCC(C)C(=O)O)n1. The van der Waals surface area contributed by atoms with Crippen LogP contribution in [0.3, 0.4) is 0 Å². The number of nitrogens with zero attached hydrogens (tertiary/aromatic N) is 1. The van der Waals surface area contributed by atoms with Crippen molar-refractivity contribution < 1.29 is 14.6 Å². The van der Waals surface area contributed by atoms with Gasteiger partial charge in [0, 0.05) is 17.6 Å². The quantitative estimate of drug-likeness (QED) is 0.826. The summed E-state index contributed by atoms with van der Waals surface area (Å²) in [6.45, 7) is 1.70. The van der Waals surface area contributed by atoms with Gasteiger partial charge >= 0.3 is 5.97 Å². The van der Waals surface area contributed by atoms with Crippen molar-refractivity contribution in [3.63, 3.8) is 0 Å². The van der Waals surface area contributed by atoms with Gasteiger partial charge in [-0.2, -0.15) is 11.8 Å². The molecule has 0 saturated carbocycles. The van der Waals surface area contributed by atoms with E-state index < -0.39 is 5.97 Å². The Balaban J connectivity index is 2.39. The molecule has 0 spiro atoms. The van der Waals surface area contributed by atoms with E-state index in [1.807, 2.05) is 12.1 Å². The van der Waals surface area contributed by atoms with Crippen LogP contribution in [0.15, 0.2) is 18.2 Å². The monoisotopic (exact) mass is 241 g/mol. The Labute approximate surface area is 99.0 Å². The Kier molecular flexibility index (Phi) is 5.11. The second-order valence-electron chi connectivity index (χ2n) is 3.43. The second kappa shape index (κ2) is 6.37. The molecule has 1 heterocycles. The van der Waals surface area contributed by atoms with Crippen LogP contribution in [0.5, 0.6) is 5.88 Å². The molecule has 5 heteroatoms. The summed E-state index contributed by atoms with van der Waals surface area (Å²) in [5.74, 6) is 0.800. The van der Waals surface area contributed by atoms with E-state index in [1.54, 1.807) is 31.9 Å². The van der Waals surface area contributed by atoms with Crippen LogP contribution in [-0.4, -0.2) is 28.9 Å². The van der Waals surface area contributed by atoms with Crippen LogP contribution in [0.4, 0.5) is 0 Å². The highest BCUT2D eigenvalue weighted by Gasteiger charge is 2.10. The summed E-state index contributed by atoms with van der Waals surface area (Å²) in [6, 6.07) is 5.57. The Hall–Kier alpha value is -1.23. The van der Waals surface area contributed by atoms with E-state index in [0.29, 0.717) is 17.4 Å². The molecule has 1 aromatic rings. The molecule has 16 heavy (non-hydrogen) atoms. The summed E-state index contributed by atoms with van der Waals surface area (Å²) in [5.41, 5.74) is 0.905. The predicted octanol–water partition coefficient (Wildman–Crippen LogP) is 2.04. The van der Waals surface area contributed by atoms with Crippen molar-refractivity contribution in [2.75, 3.05) is 12.9 Å². The van der Waals surface area contributed by atoms with Crippen molar-refractivity contribution >= 4 is 17.7 Å². The van der Waals surface area contributed by atoms with Gasteiger partial charge in [-0.15, -0.1) is 0 Å². The van der Waals surface area contributed by atoms with Crippen LogP contribution >= 0.6 is 11.8 Å². The molecule has 1 N–H and O–H groups in total. The zero-order valence-electron chi connectivity index (χ0n) is 9.34. The summed E-state index contributed by atoms with van der Waals surface area (Å²) in [5, 5.41) is 8.71. The highest BCUT2D eigenvalue weighted by molar-refractivity contribution is 7.98. The fraction of sp³-hybridized carbons (Fsp3) is 0.455. The van der Waals surface area contributed by atoms with Gasteiger partial charge in [0.15, 0.2) is 0 Å². The third-order valence-electron chi connectivity index (χ3n) is 2.03. The second-order valence-corrected chi connectivity index (χ2v) is 4.46. The molecule has 1 unspecified atom stereocenters. The molecule has 0 aliphatic heterocycles. The Morgan fingerprint density at radius 1 is 1.62 bits per heavy atom. The summed E-state index contributed by atoms with van der Waals surface area (Å²) in [6.07, 6.45) is 0. The van der Waals surface area contributed by atoms with Crippen LogP contribution in [0.1, 0.15) is 12.6 Å². The highest BCUT2D eigenvalue weighted by atomic mass is 32.2. The lowest BCUT2D eigenvalue weighted by atomic mass is 10.2. The van der Waals surface area contributed by atoms with E-state index >= 15 is 0 Å². The third-order valence-corrected chi connectivity index (χ3v) is 3.27. The number of carbonyl (C=O) groups is 1. The molecule has 1 aromatic heterocycles. The molecule has 88 valence electrons. The largest absolute Gasteiger partial charge is 0.481 e. The molecule has 4 nitrogen and oxygen atoms in total. The lowest BCUT2D eigenvalue weighted by Gasteiger charge is -2.06. The Bertz CT molecular complexity index is 357. The van der Waals surface area contributed by atoms with Crippen molar-refractivity contribution in [1.29, 1.82) is 0 Å². The number of aromatic nitrogens is 1. The van der Waals surface area contributed by atoms with Crippen LogP contribution < -0.4 is 4.74 Å². The summed E-state index contributed by atoms with van der Waals surface area (Å²) in [7, 11) is 1.58. The Morgan fingerprint density at radius 3 is 3.00 bits per heavy atom. The summed E-state index contributed by atoms with van der Waals surface area (Å²) >= 11 is 1.56. The van der Waals surface area contributed by atoms with Gasteiger partial charge in [0.05, 0.1) is 18.7 Å². The normalized spacial score (nSPS) is 12.1. The number of aliphatic carboxylic acids is 1. The first-order chi connectivity index (χ1) is 7.63. The fourth-order valence-corrected chi connectivity index (χ4v) is 2.05. The van der Waals surface area contributed by atoms with E-state index in [-0.39, 0.29) is 5.92 Å². The molecule has 1 rings (SSSR count). The number of rotatable bonds is 6. The minimum absolute atomic E-state index is 0.324. The smallest absolute Gasteiger partial charge is 0.307 e. The van der Waals surface area contributed by atoms with Crippen LogP contribution in [0.25, 0.3) is 0 Å². The predicted molar refractivity (Wildman–Crippen MR) is 63.8 cm³/mol. The lowest BCUT2D eigenvalue weighted by Crippen LogP contribution is -2.11.